The van der Waals surface area contributed by atoms with E-state index in [4.69, 9.17) is 4.52 Å². The van der Waals surface area contributed by atoms with E-state index in [1.54, 1.807) is 0 Å². The minimum Gasteiger partial charge on any atom is -0.355 e. The number of H-pyrrole nitrogens is 1. The van der Waals surface area contributed by atoms with Crippen LogP contribution in [0.1, 0.15) is 5.56 Å². The normalized spacial score (nSPS) is 15.6. The molecule has 0 atom stereocenters. The molecule has 5 rings (SSSR count). The van der Waals surface area contributed by atoms with Gasteiger partial charge < -0.3 is 14.4 Å². The van der Waals surface area contributed by atoms with Crippen LogP contribution in [0.4, 0.5) is 0 Å². The fraction of sp³-hybridized carbons (Fsp3) is 0.250. The van der Waals surface area contributed by atoms with Crippen molar-refractivity contribution in [3.8, 4) is 22.6 Å². The number of likely N-dealkylation sites (N-methyl/N-ethyl adjacent to an activating group) is 1. The molecule has 0 unspecified atom stereocenters. The number of benzene rings is 2. The molecule has 0 aliphatic carbocycles. The molecule has 2 aromatic carbocycles. The van der Waals surface area contributed by atoms with Crippen LogP contribution in [0.3, 0.4) is 0 Å². The van der Waals surface area contributed by atoms with E-state index in [1.165, 1.54) is 5.56 Å². The summed E-state index contributed by atoms with van der Waals surface area (Å²) in [6.45, 7) is 5.37. The fourth-order valence-electron chi connectivity index (χ4n) is 3.97. The first-order chi connectivity index (χ1) is 14.7. The predicted molar refractivity (Wildman–Crippen MR) is 118 cm³/mol. The Morgan fingerprint density at radius 1 is 0.967 bits per heavy atom. The highest BCUT2D eigenvalue weighted by molar-refractivity contribution is 5.92. The first-order valence-electron chi connectivity index (χ1n) is 10.3. The second-order valence-electron chi connectivity index (χ2n) is 7.93. The molecule has 2 aromatic heterocycles. The van der Waals surface area contributed by atoms with E-state index in [2.05, 4.69) is 51.3 Å². The summed E-state index contributed by atoms with van der Waals surface area (Å²) in [5.74, 6) is 0.501. The van der Waals surface area contributed by atoms with Crippen molar-refractivity contribution < 1.29 is 4.52 Å². The summed E-state index contributed by atoms with van der Waals surface area (Å²) in [5, 5.41) is 4.62. The van der Waals surface area contributed by atoms with Gasteiger partial charge in [0.05, 0.1) is 5.69 Å². The lowest BCUT2D eigenvalue weighted by atomic mass is 10.1. The summed E-state index contributed by atoms with van der Waals surface area (Å²) in [4.78, 5) is 20.7. The summed E-state index contributed by atoms with van der Waals surface area (Å²) < 4.78 is 5.51. The number of aromatic amines is 1. The molecule has 1 N–H and O–H groups in total. The number of nitrogens with zero attached hydrogens (tertiary/aromatic N) is 3. The largest absolute Gasteiger partial charge is 0.355 e. The zero-order chi connectivity index (χ0) is 20.5. The Morgan fingerprint density at radius 3 is 2.43 bits per heavy atom. The molecule has 1 aliphatic heterocycles. The number of pyridine rings is 1. The van der Waals surface area contributed by atoms with Crippen LogP contribution in [0.2, 0.25) is 0 Å². The second kappa shape index (κ2) is 7.89. The standard InChI is InChI=1S/C24H24N4O2/c1-27-11-13-28(14-12-27)16-17-7-9-18(10-8-17)20-15-21-22(24(29)25-20)23(30-26-21)19-5-3-2-4-6-19/h2-10,15H,11-14,16H2,1H3,(H,25,29). The highest BCUT2D eigenvalue weighted by Crippen LogP contribution is 2.28. The predicted octanol–water partition coefficient (Wildman–Crippen LogP) is 3.60. The van der Waals surface area contributed by atoms with Crippen molar-refractivity contribution in [3.63, 3.8) is 0 Å². The minimum atomic E-state index is -0.191. The van der Waals surface area contributed by atoms with Gasteiger partial charge in [0.2, 0.25) is 0 Å². The summed E-state index contributed by atoms with van der Waals surface area (Å²) in [6.07, 6.45) is 0. The summed E-state index contributed by atoms with van der Waals surface area (Å²) in [5.41, 5.74) is 4.19. The monoisotopic (exact) mass is 400 g/mol. The molecule has 0 bridgehead atoms. The van der Waals surface area contributed by atoms with Gasteiger partial charge >= 0.3 is 0 Å². The SMILES string of the molecule is CN1CCN(Cc2ccc(-c3cc4noc(-c5ccccc5)c4c(=O)[nH]3)cc2)CC1. The van der Waals surface area contributed by atoms with Crippen LogP contribution < -0.4 is 5.56 Å². The molecule has 6 heteroatoms. The Hall–Kier alpha value is -3.22. The molecule has 152 valence electrons. The van der Waals surface area contributed by atoms with Gasteiger partial charge in [-0.05, 0) is 24.2 Å². The Kier molecular flexibility index (Phi) is 4.94. The van der Waals surface area contributed by atoms with E-state index >= 15 is 0 Å². The van der Waals surface area contributed by atoms with Crippen LogP contribution in [-0.2, 0) is 6.54 Å². The fourth-order valence-corrected chi connectivity index (χ4v) is 3.97. The van der Waals surface area contributed by atoms with Crippen molar-refractivity contribution in [3.05, 3.63) is 76.6 Å². The van der Waals surface area contributed by atoms with Gasteiger partial charge in [-0.2, -0.15) is 0 Å². The maximum absolute atomic E-state index is 12.8. The summed E-state index contributed by atoms with van der Waals surface area (Å²) in [6, 6.07) is 19.8. The molecule has 1 aliphatic rings. The van der Waals surface area contributed by atoms with Gasteiger partial charge in [-0.25, -0.2) is 0 Å². The van der Waals surface area contributed by atoms with Crippen molar-refractivity contribution in [2.75, 3.05) is 33.2 Å². The molecule has 1 saturated heterocycles. The van der Waals surface area contributed by atoms with Gasteiger partial charge in [-0.3, -0.25) is 9.69 Å². The van der Waals surface area contributed by atoms with Crippen molar-refractivity contribution in [1.82, 2.24) is 19.9 Å². The van der Waals surface area contributed by atoms with E-state index < -0.39 is 0 Å². The molecule has 0 spiro atoms. The van der Waals surface area contributed by atoms with Crippen LogP contribution in [-0.4, -0.2) is 53.2 Å². The van der Waals surface area contributed by atoms with Crippen LogP contribution in [0.5, 0.6) is 0 Å². The highest BCUT2D eigenvalue weighted by atomic mass is 16.5. The van der Waals surface area contributed by atoms with Crippen LogP contribution in [0, 0.1) is 0 Å². The molecule has 1 fully saturated rings. The molecule has 30 heavy (non-hydrogen) atoms. The number of nitrogens with one attached hydrogen (secondary N) is 1. The number of rotatable bonds is 4. The van der Waals surface area contributed by atoms with E-state index in [-0.39, 0.29) is 5.56 Å². The average molecular weight is 400 g/mol. The maximum Gasteiger partial charge on any atom is 0.261 e. The van der Waals surface area contributed by atoms with Gasteiger partial charge in [0.1, 0.15) is 10.9 Å². The van der Waals surface area contributed by atoms with Crippen molar-refractivity contribution in [2.45, 2.75) is 6.54 Å². The van der Waals surface area contributed by atoms with Crippen molar-refractivity contribution in [2.24, 2.45) is 0 Å². The zero-order valence-electron chi connectivity index (χ0n) is 17.0. The summed E-state index contributed by atoms with van der Waals surface area (Å²) in [7, 11) is 2.17. The molecule has 3 heterocycles. The molecule has 0 saturated carbocycles. The third-order valence-corrected chi connectivity index (χ3v) is 5.78. The molecular formula is C24H24N4O2. The lowest BCUT2D eigenvalue weighted by molar-refractivity contribution is 0.148. The number of aromatic nitrogens is 2. The summed E-state index contributed by atoms with van der Waals surface area (Å²) >= 11 is 0. The minimum absolute atomic E-state index is 0.191. The lowest BCUT2D eigenvalue weighted by Gasteiger charge is -2.32. The van der Waals surface area contributed by atoms with Crippen molar-refractivity contribution in [1.29, 1.82) is 0 Å². The van der Waals surface area contributed by atoms with E-state index in [0.717, 1.165) is 49.5 Å². The van der Waals surface area contributed by atoms with Crippen molar-refractivity contribution >= 4 is 10.9 Å². The van der Waals surface area contributed by atoms with E-state index in [9.17, 15) is 4.79 Å². The molecule has 6 nitrogen and oxygen atoms in total. The quantitative estimate of drug-likeness (QED) is 0.567. The molecule has 4 aromatic rings. The van der Waals surface area contributed by atoms with Gasteiger partial charge in [-0.15, -0.1) is 0 Å². The highest BCUT2D eigenvalue weighted by Gasteiger charge is 2.16. The Balaban J connectivity index is 1.40. The Morgan fingerprint density at radius 2 is 1.70 bits per heavy atom. The third kappa shape index (κ3) is 3.67. The van der Waals surface area contributed by atoms with Gasteiger partial charge in [0.25, 0.3) is 5.56 Å². The molecule has 0 radical (unpaired) electrons. The number of hydrogen-bond acceptors (Lipinski definition) is 5. The van der Waals surface area contributed by atoms with Crippen LogP contribution in [0.15, 0.2) is 70.0 Å². The van der Waals surface area contributed by atoms with Gasteiger partial charge in [-0.1, -0.05) is 59.8 Å². The lowest BCUT2D eigenvalue weighted by Crippen LogP contribution is -2.43. The Bertz CT molecular complexity index is 1200. The smallest absolute Gasteiger partial charge is 0.261 e. The van der Waals surface area contributed by atoms with Crippen LogP contribution in [0.25, 0.3) is 33.5 Å². The molecule has 0 amide bonds. The number of fused-ring (bicyclic) bond motifs is 1. The topological polar surface area (TPSA) is 65.4 Å². The van der Waals surface area contributed by atoms with Gasteiger partial charge in [0, 0.05) is 38.3 Å². The average Bonchev–Trinajstić information content (AvgIpc) is 3.21. The molecular weight excluding hydrogens is 376 g/mol. The first-order valence-corrected chi connectivity index (χ1v) is 10.3. The van der Waals surface area contributed by atoms with E-state index in [1.807, 2.05) is 36.4 Å². The third-order valence-electron chi connectivity index (χ3n) is 5.78. The number of hydrogen-bond donors (Lipinski definition) is 1. The maximum atomic E-state index is 12.8. The zero-order valence-corrected chi connectivity index (χ0v) is 17.0. The first kappa shape index (κ1) is 18.8. The second-order valence-corrected chi connectivity index (χ2v) is 7.93. The van der Waals surface area contributed by atoms with Gasteiger partial charge in [0.15, 0.2) is 5.76 Å². The van der Waals surface area contributed by atoms with E-state index in [0.29, 0.717) is 16.7 Å². The Labute approximate surface area is 174 Å². The number of piperazine rings is 1. The van der Waals surface area contributed by atoms with Crippen LogP contribution >= 0.6 is 0 Å².